The highest BCUT2D eigenvalue weighted by molar-refractivity contribution is 7.08. The number of hydrogen-bond acceptors (Lipinski definition) is 5. The number of likely N-dealkylation sites (tertiary alicyclic amines) is 1. The lowest BCUT2D eigenvalue weighted by Gasteiger charge is -2.34. The molecule has 1 aliphatic rings. The van der Waals surface area contributed by atoms with Gasteiger partial charge in [-0.05, 0) is 51.0 Å². The zero-order valence-corrected chi connectivity index (χ0v) is 15.2. The first-order chi connectivity index (χ1) is 11.4. The molecule has 0 aromatic carbocycles. The molecule has 0 radical (unpaired) electrons. The van der Waals surface area contributed by atoms with Crippen LogP contribution in [-0.2, 0) is 6.42 Å². The molecule has 1 N–H and O–H groups in total. The maximum Gasteiger partial charge on any atom is 0.317 e. The standard InChI is InChI=1S/C17H24N4O2S/c1-17(2,3)19-16(22)21-7-4-5-12(10-21)9-14-18-15(20-23-14)13-6-8-24-11-13/h6,8,11-12H,4-5,7,9-10H2,1-3H3,(H,19,22)/t12-/m0/s1. The summed E-state index contributed by atoms with van der Waals surface area (Å²) in [4.78, 5) is 18.7. The largest absolute Gasteiger partial charge is 0.339 e. The van der Waals surface area contributed by atoms with E-state index in [2.05, 4.69) is 15.5 Å². The molecular weight excluding hydrogens is 324 g/mol. The highest BCUT2D eigenvalue weighted by Gasteiger charge is 2.27. The van der Waals surface area contributed by atoms with Gasteiger partial charge >= 0.3 is 6.03 Å². The van der Waals surface area contributed by atoms with Gasteiger partial charge in [-0.15, -0.1) is 0 Å². The SMILES string of the molecule is CC(C)(C)NC(=O)N1CCC[C@@H](Cc2nc(-c3ccsc3)no2)C1. The molecular formula is C17H24N4O2S. The molecule has 0 bridgehead atoms. The average Bonchev–Trinajstić information content (AvgIpc) is 3.16. The molecule has 6 nitrogen and oxygen atoms in total. The number of piperidine rings is 1. The number of carbonyl (C=O) groups is 1. The van der Waals surface area contributed by atoms with Crippen LogP contribution in [0.25, 0.3) is 11.4 Å². The Balaban J connectivity index is 1.58. The van der Waals surface area contributed by atoms with Gasteiger partial charge in [0.25, 0.3) is 0 Å². The van der Waals surface area contributed by atoms with Crippen molar-refractivity contribution in [3.63, 3.8) is 0 Å². The summed E-state index contributed by atoms with van der Waals surface area (Å²) in [7, 11) is 0. The van der Waals surface area contributed by atoms with Crippen molar-refractivity contribution in [2.24, 2.45) is 5.92 Å². The first-order valence-electron chi connectivity index (χ1n) is 8.33. The van der Waals surface area contributed by atoms with Crippen molar-refractivity contribution in [1.29, 1.82) is 0 Å². The van der Waals surface area contributed by atoms with Crippen LogP contribution in [0.3, 0.4) is 0 Å². The lowest BCUT2D eigenvalue weighted by atomic mass is 9.95. The summed E-state index contributed by atoms with van der Waals surface area (Å²) in [5.41, 5.74) is 0.774. The summed E-state index contributed by atoms with van der Waals surface area (Å²) in [5.74, 6) is 1.66. The summed E-state index contributed by atoms with van der Waals surface area (Å²) in [5, 5.41) is 11.1. The number of nitrogens with zero attached hydrogens (tertiary/aromatic N) is 3. The molecule has 1 saturated heterocycles. The van der Waals surface area contributed by atoms with Crippen LogP contribution in [0, 0.1) is 5.92 Å². The second-order valence-corrected chi connectivity index (χ2v) is 8.14. The quantitative estimate of drug-likeness (QED) is 0.920. The van der Waals surface area contributed by atoms with Gasteiger partial charge in [0.2, 0.25) is 11.7 Å². The van der Waals surface area contributed by atoms with Crippen molar-refractivity contribution in [3.05, 3.63) is 22.7 Å². The second-order valence-electron chi connectivity index (χ2n) is 7.36. The molecule has 0 saturated carbocycles. The van der Waals surface area contributed by atoms with Gasteiger partial charge in [0.15, 0.2) is 0 Å². The van der Waals surface area contributed by atoms with E-state index in [1.54, 1.807) is 11.3 Å². The zero-order valence-electron chi connectivity index (χ0n) is 14.4. The van der Waals surface area contributed by atoms with Gasteiger partial charge in [-0.3, -0.25) is 0 Å². The highest BCUT2D eigenvalue weighted by atomic mass is 32.1. The highest BCUT2D eigenvalue weighted by Crippen LogP contribution is 2.23. The van der Waals surface area contributed by atoms with Crippen LogP contribution < -0.4 is 5.32 Å². The van der Waals surface area contributed by atoms with Gasteiger partial charge < -0.3 is 14.7 Å². The number of nitrogens with one attached hydrogen (secondary N) is 1. The van der Waals surface area contributed by atoms with E-state index in [4.69, 9.17) is 4.52 Å². The molecule has 3 heterocycles. The first-order valence-corrected chi connectivity index (χ1v) is 9.27. The molecule has 0 aliphatic carbocycles. The van der Waals surface area contributed by atoms with Gasteiger partial charge in [0.1, 0.15) is 0 Å². The second kappa shape index (κ2) is 6.93. The summed E-state index contributed by atoms with van der Waals surface area (Å²) in [6.07, 6.45) is 2.81. The van der Waals surface area contributed by atoms with E-state index in [9.17, 15) is 4.79 Å². The molecule has 1 fully saturated rings. The average molecular weight is 348 g/mol. The number of aromatic nitrogens is 2. The van der Waals surface area contributed by atoms with E-state index in [1.807, 2.05) is 42.5 Å². The maximum atomic E-state index is 12.3. The molecule has 1 aliphatic heterocycles. The Morgan fingerprint density at radius 3 is 3.04 bits per heavy atom. The molecule has 0 spiro atoms. The Labute approximate surface area is 146 Å². The number of amides is 2. The van der Waals surface area contributed by atoms with E-state index in [0.717, 1.165) is 37.9 Å². The summed E-state index contributed by atoms with van der Waals surface area (Å²) >= 11 is 1.61. The van der Waals surface area contributed by atoms with Crippen LogP contribution in [0.4, 0.5) is 4.79 Å². The molecule has 3 rings (SSSR count). The summed E-state index contributed by atoms with van der Waals surface area (Å²) < 4.78 is 5.39. The Bertz CT molecular complexity index is 675. The zero-order chi connectivity index (χ0) is 17.2. The number of hydrogen-bond donors (Lipinski definition) is 1. The van der Waals surface area contributed by atoms with E-state index >= 15 is 0 Å². The first kappa shape index (κ1) is 17.0. The van der Waals surface area contributed by atoms with Crippen molar-refractivity contribution in [2.75, 3.05) is 13.1 Å². The van der Waals surface area contributed by atoms with E-state index < -0.39 is 0 Å². The smallest absolute Gasteiger partial charge is 0.317 e. The Morgan fingerprint density at radius 2 is 2.33 bits per heavy atom. The topological polar surface area (TPSA) is 71.3 Å². The van der Waals surface area contributed by atoms with Crippen molar-refractivity contribution in [3.8, 4) is 11.4 Å². The minimum Gasteiger partial charge on any atom is -0.339 e. The van der Waals surface area contributed by atoms with Crippen LogP contribution in [0.15, 0.2) is 21.3 Å². The van der Waals surface area contributed by atoms with Crippen LogP contribution in [0.5, 0.6) is 0 Å². The third kappa shape index (κ3) is 4.35. The number of urea groups is 1. The maximum absolute atomic E-state index is 12.3. The van der Waals surface area contributed by atoms with Gasteiger partial charge in [-0.1, -0.05) is 5.16 Å². The number of thiophene rings is 1. The van der Waals surface area contributed by atoms with Gasteiger partial charge in [-0.25, -0.2) is 4.79 Å². The van der Waals surface area contributed by atoms with Crippen molar-refractivity contribution >= 4 is 17.4 Å². The normalized spacial score (nSPS) is 18.6. The van der Waals surface area contributed by atoms with Crippen molar-refractivity contribution in [2.45, 2.75) is 45.6 Å². The van der Waals surface area contributed by atoms with Gasteiger partial charge in [-0.2, -0.15) is 16.3 Å². The summed E-state index contributed by atoms with van der Waals surface area (Å²) in [6, 6.07) is 2.00. The third-order valence-electron chi connectivity index (χ3n) is 4.00. The third-order valence-corrected chi connectivity index (χ3v) is 4.68. The van der Waals surface area contributed by atoms with Crippen molar-refractivity contribution < 1.29 is 9.32 Å². The van der Waals surface area contributed by atoms with E-state index in [-0.39, 0.29) is 11.6 Å². The molecule has 2 aromatic heterocycles. The molecule has 1 atom stereocenters. The minimum atomic E-state index is -0.216. The fourth-order valence-corrected chi connectivity index (χ4v) is 3.54. The van der Waals surface area contributed by atoms with Crippen molar-refractivity contribution in [1.82, 2.24) is 20.4 Å². The molecule has 7 heteroatoms. The molecule has 130 valence electrons. The fourth-order valence-electron chi connectivity index (χ4n) is 2.91. The van der Waals surface area contributed by atoms with Crippen LogP contribution >= 0.6 is 11.3 Å². The molecule has 24 heavy (non-hydrogen) atoms. The molecule has 2 aromatic rings. The Morgan fingerprint density at radius 1 is 1.50 bits per heavy atom. The lowest BCUT2D eigenvalue weighted by Crippen LogP contribution is -2.51. The lowest BCUT2D eigenvalue weighted by molar-refractivity contribution is 0.155. The van der Waals surface area contributed by atoms with E-state index in [1.165, 1.54) is 0 Å². The van der Waals surface area contributed by atoms with E-state index in [0.29, 0.717) is 17.6 Å². The predicted octanol–water partition coefficient (Wildman–Crippen LogP) is 3.56. The molecule has 0 unspecified atom stereocenters. The summed E-state index contributed by atoms with van der Waals surface area (Å²) in [6.45, 7) is 7.53. The van der Waals surface area contributed by atoms with Crippen LogP contribution in [0.1, 0.15) is 39.5 Å². The Kier molecular flexibility index (Phi) is 4.89. The number of carbonyl (C=O) groups excluding carboxylic acids is 1. The van der Waals surface area contributed by atoms with Gasteiger partial charge in [0, 0.05) is 36.0 Å². The van der Waals surface area contributed by atoms with Gasteiger partial charge in [0.05, 0.1) is 0 Å². The van der Waals surface area contributed by atoms with Crippen LogP contribution in [0.2, 0.25) is 0 Å². The monoisotopic (exact) mass is 348 g/mol. The fraction of sp³-hybridized carbons (Fsp3) is 0.588. The minimum absolute atomic E-state index is 0.0108. The predicted molar refractivity (Wildman–Crippen MR) is 93.9 cm³/mol. The molecule has 2 amide bonds. The number of rotatable bonds is 3. The van der Waals surface area contributed by atoms with Crippen LogP contribution in [-0.4, -0.2) is 39.7 Å². The Hall–Kier alpha value is -1.89.